The van der Waals surface area contributed by atoms with Crippen molar-refractivity contribution >= 4 is 24.3 Å². The van der Waals surface area contributed by atoms with Crippen LogP contribution in [0.1, 0.15) is 22.8 Å². The quantitative estimate of drug-likeness (QED) is 0.621. The summed E-state index contributed by atoms with van der Waals surface area (Å²) in [5.41, 5.74) is -2.28. The number of hydrogen-bond donors (Lipinski definition) is 0. The predicted octanol–water partition coefficient (Wildman–Crippen LogP) is 2.65. The van der Waals surface area contributed by atoms with Gasteiger partial charge < -0.3 is 14.0 Å². The number of aromatic nitrogens is 1. The summed E-state index contributed by atoms with van der Waals surface area (Å²) in [6.45, 7) is 0. The van der Waals surface area contributed by atoms with Crippen molar-refractivity contribution in [1.82, 2.24) is 4.57 Å². The first-order valence-corrected chi connectivity index (χ1v) is 7.00. The van der Waals surface area contributed by atoms with Crippen LogP contribution in [0.15, 0.2) is 17.1 Å². The zero-order valence-electron chi connectivity index (χ0n) is 12.6. The smallest absolute Gasteiger partial charge is 0.491 e. The van der Waals surface area contributed by atoms with Crippen LogP contribution in [0.2, 0.25) is 0 Å². The highest BCUT2D eigenvalue weighted by atomic mass is 19.2. The van der Waals surface area contributed by atoms with Gasteiger partial charge in [0, 0.05) is 12.6 Å². The minimum absolute atomic E-state index is 0.0105. The maximum atomic E-state index is 14.0. The van der Waals surface area contributed by atoms with Gasteiger partial charge >= 0.3 is 13.4 Å². The van der Waals surface area contributed by atoms with Gasteiger partial charge in [-0.3, -0.25) is 4.79 Å². The fraction of sp³-hybridized carbons (Fsp3) is 0.286. The SMILES string of the molecule is COc1c(F)c(F)cc2c(=O)c(C(=O)OB(F)F)cn([C@@H]3C[C@@H]3F)c12. The van der Waals surface area contributed by atoms with Gasteiger partial charge in [0.25, 0.3) is 0 Å². The number of benzene rings is 1. The molecule has 1 saturated carbocycles. The number of pyridine rings is 1. The molecule has 2 aromatic rings. The van der Waals surface area contributed by atoms with Gasteiger partial charge in [-0.25, -0.2) is 22.2 Å². The van der Waals surface area contributed by atoms with Crippen LogP contribution in [0.4, 0.5) is 21.8 Å². The van der Waals surface area contributed by atoms with Crippen molar-refractivity contribution in [2.24, 2.45) is 0 Å². The van der Waals surface area contributed by atoms with E-state index in [9.17, 15) is 31.4 Å². The lowest BCUT2D eigenvalue weighted by molar-refractivity contribution is 0.0693. The number of rotatable bonds is 4. The summed E-state index contributed by atoms with van der Waals surface area (Å²) >= 11 is 0. The van der Waals surface area contributed by atoms with Crippen molar-refractivity contribution in [1.29, 1.82) is 0 Å². The van der Waals surface area contributed by atoms with E-state index >= 15 is 0 Å². The Bertz CT molecular complexity index is 932. The summed E-state index contributed by atoms with van der Waals surface area (Å²) < 4.78 is 75.1. The third-order valence-corrected chi connectivity index (χ3v) is 3.82. The van der Waals surface area contributed by atoms with E-state index < -0.39 is 59.4 Å². The van der Waals surface area contributed by atoms with E-state index in [4.69, 9.17) is 4.74 Å². The van der Waals surface area contributed by atoms with Crippen LogP contribution < -0.4 is 10.2 Å². The number of fused-ring (bicyclic) bond motifs is 1. The molecular formula is C14H9BF5NO4. The Balaban J connectivity index is 2.36. The molecule has 0 bridgehead atoms. The highest BCUT2D eigenvalue weighted by Crippen LogP contribution is 2.43. The maximum Gasteiger partial charge on any atom is 0.798 e. The molecule has 1 fully saturated rings. The van der Waals surface area contributed by atoms with E-state index in [1.54, 1.807) is 0 Å². The van der Waals surface area contributed by atoms with Crippen LogP contribution in [-0.2, 0) is 4.65 Å². The minimum atomic E-state index is -3.48. The van der Waals surface area contributed by atoms with Crippen LogP contribution in [-0.4, -0.2) is 31.3 Å². The molecule has 0 amide bonds. The van der Waals surface area contributed by atoms with Gasteiger partial charge in [-0.1, -0.05) is 0 Å². The second-order valence-electron chi connectivity index (χ2n) is 5.37. The number of carbonyl (C=O) groups excluding carboxylic acids is 1. The van der Waals surface area contributed by atoms with Gasteiger partial charge in [0.2, 0.25) is 11.2 Å². The molecule has 5 nitrogen and oxygen atoms in total. The van der Waals surface area contributed by atoms with E-state index in [-0.39, 0.29) is 11.9 Å². The minimum Gasteiger partial charge on any atom is -0.491 e. The lowest BCUT2D eigenvalue weighted by Gasteiger charge is -2.16. The Hall–Kier alpha value is -2.59. The zero-order chi connectivity index (χ0) is 18.5. The van der Waals surface area contributed by atoms with Gasteiger partial charge in [-0.2, -0.15) is 4.39 Å². The standard InChI is InChI=1S/C14H9BF5NO4/c1-24-13-10(18)8(17)2-5-11(13)21(9-3-7(9)16)4-6(12(5)22)14(23)25-15(19)20/h2,4,7,9H,3H2,1H3/t7-,9+/m0/s1. The Morgan fingerprint density at radius 3 is 2.52 bits per heavy atom. The highest BCUT2D eigenvalue weighted by molar-refractivity contribution is 6.38. The maximum absolute atomic E-state index is 14.0. The zero-order valence-corrected chi connectivity index (χ0v) is 12.6. The largest absolute Gasteiger partial charge is 0.798 e. The summed E-state index contributed by atoms with van der Waals surface area (Å²) in [4.78, 5) is 24.1. The van der Waals surface area contributed by atoms with Crippen LogP contribution in [0.25, 0.3) is 10.9 Å². The van der Waals surface area contributed by atoms with Gasteiger partial charge in [0.15, 0.2) is 11.6 Å². The molecule has 3 rings (SSSR count). The third kappa shape index (κ3) is 2.83. The van der Waals surface area contributed by atoms with E-state index in [2.05, 4.69) is 4.65 Å². The van der Waals surface area contributed by atoms with Crippen molar-refractivity contribution in [3.63, 3.8) is 0 Å². The van der Waals surface area contributed by atoms with Crippen molar-refractivity contribution in [3.05, 3.63) is 39.7 Å². The predicted molar refractivity (Wildman–Crippen MR) is 76.6 cm³/mol. The number of carbonyl (C=O) groups is 1. The highest BCUT2D eigenvalue weighted by Gasteiger charge is 2.41. The molecule has 1 aliphatic rings. The molecule has 1 aromatic carbocycles. The summed E-state index contributed by atoms with van der Waals surface area (Å²) in [5.74, 6) is -5.16. The van der Waals surface area contributed by atoms with E-state index in [1.165, 1.54) is 0 Å². The van der Waals surface area contributed by atoms with Crippen molar-refractivity contribution in [2.45, 2.75) is 18.6 Å². The van der Waals surface area contributed by atoms with Crippen LogP contribution in [0.3, 0.4) is 0 Å². The fourth-order valence-electron chi connectivity index (χ4n) is 2.61. The van der Waals surface area contributed by atoms with Crippen molar-refractivity contribution < 1.29 is 36.0 Å². The molecule has 1 aromatic heterocycles. The monoisotopic (exact) mass is 361 g/mol. The first-order chi connectivity index (χ1) is 11.8. The molecule has 0 unspecified atom stereocenters. The average molecular weight is 361 g/mol. The Morgan fingerprint density at radius 2 is 2.00 bits per heavy atom. The molecule has 1 aliphatic carbocycles. The van der Waals surface area contributed by atoms with Crippen LogP contribution in [0.5, 0.6) is 5.75 Å². The van der Waals surface area contributed by atoms with E-state index in [1.807, 2.05) is 0 Å². The van der Waals surface area contributed by atoms with Gasteiger partial charge in [0.1, 0.15) is 11.7 Å². The topological polar surface area (TPSA) is 57.5 Å². The van der Waals surface area contributed by atoms with E-state index in [0.717, 1.165) is 17.9 Å². The number of hydrogen-bond acceptors (Lipinski definition) is 4. The molecular weight excluding hydrogens is 352 g/mol. The Labute approximate surface area is 137 Å². The van der Waals surface area contributed by atoms with E-state index in [0.29, 0.717) is 6.07 Å². The number of alkyl halides is 1. The summed E-state index contributed by atoms with van der Waals surface area (Å²) in [5, 5.41) is -0.515. The average Bonchev–Trinajstić information content (AvgIpc) is 3.25. The lowest BCUT2D eigenvalue weighted by Crippen LogP contribution is -2.24. The molecule has 25 heavy (non-hydrogen) atoms. The van der Waals surface area contributed by atoms with Crippen LogP contribution >= 0.6 is 0 Å². The molecule has 0 radical (unpaired) electrons. The van der Waals surface area contributed by atoms with Crippen LogP contribution in [0, 0.1) is 11.6 Å². The second-order valence-corrected chi connectivity index (χ2v) is 5.37. The molecule has 2 atom stereocenters. The Morgan fingerprint density at radius 1 is 1.36 bits per heavy atom. The Kier molecular flexibility index (Phi) is 4.17. The van der Waals surface area contributed by atoms with Gasteiger partial charge in [0.05, 0.1) is 24.1 Å². The molecule has 0 N–H and O–H groups in total. The molecule has 0 aliphatic heterocycles. The molecule has 11 heteroatoms. The van der Waals surface area contributed by atoms with Gasteiger partial charge in [-0.05, 0) is 6.07 Å². The first-order valence-electron chi connectivity index (χ1n) is 7.00. The fourth-order valence-corrected chi connectivity index (χ4v) is 2.61. The second kappa shape index (κ2) is 6.05. The van der Waals surface area contributed by atoms with Crippen molar-refractivity contribution in [2.75, 3.05) is 7.11 Å². The van der Waals surface area contributed by atoms with Gasteiger partial charge in [-0.15, -0.1) is 0 Å². The lowest BCUT2D eigenvalue weighted by atomic mass is 10.1. The molecule has 0 spiro atoms. The number of methoxy groups -OCH3 is 1. The molecule has 1 heterocycles. The number of ether oxygens (including phenoxy) is 1. The van der Waals surface area contributed by atoms with Crippen molar-refractivity contribution in [3.8, 4) is 5.75 Å². The summed E-state index contributed by atoms with van der Waals surface area (Å²) in [7, 11) is -2.46. The number of halogens is 5. The normalized spacial score (nSPS) is 19.0. The number of nitrogens with zero attached hydrogens (tertiary/aromatic N) is 1. The summed E-state index contributed by atoms with van der Waals surface area (Å²) in [6, 6.07) is -0.374. The molecule has 0 saturated heterocycles. The molecule has 132 valence electrons. The summed E-state index contributed by atoms with van der Waals surface area (Å²) in [6.07, 6.45) is -0.578. The third-order valence-electron chi connectivity index (χ3n) is 3.82. The first kappa shape index (κ1) is 17.2.